The van der Waals surface area contributed by atoms with Crippen LogP contribution < -0.4 is 0 Å². The van der Waals surface area contributed by atoms with E-state index < -0.39 is 22.5 Å². The van der Waals surface area contributed by atoms with Gasteiger partial charge in [0.2, 0.25) is 0 Å². The zero-order valence-electron chi connectivity index (χ0n) is 29.4. The third kappa shape index (κ3) is 10.6. The van der Waals surface area contributed by atoms with Crippen LogP contribution in [0, 0.1) is 0 Å². The number of rotatable bonds is 14. The van der Waals surface area contributed by atoms with E-state index in [0.717, 1.165) is 36.3 Å². The predicted octanol–water partition coefficient (Wildman–Crippen LogP) is 10.9. The Balaban J connectivity index is 1.82. The summed E-state index contributed by atoms with van der Waals surface area (Å²) in [6.45, 7) is 25.4. The van der Waals surface area contributed by atoms with Crippen molar-refractivity contribution in [3.05, 3.63) is 48.0 Å². The molecule has 44 heavy (non-hydrogen) atoms. The maximum Gasteiger partial charge on any atom is 0.192 e. The van der Waals surface area contributed by atoms with Gasteiger partial charge in [-0.3, -0.25) is 0 Å². The number of aliphatic hydroxyl groups is 1. The Morgan fingerprint density at radius 1 is 0.841 bits per heavy atom. The van der Waals surface area contributed by atoms with E-state index in [1.807, 2.05) is 41.7 Å². The molecule has 1 N–H and O–H groups in total. The van der Waals surface area contributed by atoms with Crippen LogP contribution in [-0.2, 0) is 15.8 Å². The number of allylic oxidation sites excluding steroid dienone is 1. The fraction of sp³-hybridized carbons (Fsp3) is 0.771. The summed E-state index contributed by atoms with van der Waals surface area (Å²) in [5, 5.41) is 11.7. The Kier molecular flexibility index (Phi) is 14.6. The van der Waals surface area contributed by atoms with Crippen molar-refractivity contribution in [3.63, 3.8) is 0 Å². The highest BCUT2D eigenvalue weighted by Gasteiger charge is 2.54. The lowest BCUT2D eigenvalue weighted by atomic mass is 10.1. The molecule has 0 aliphatic carbocycles. The average Bonchev–Trinajstić information content (AvgIpc) is 2.93. The molecule has 2 aliphatic rings. The lowest BCUT2D eigenvalue weighted by molar-refractivity contribution is 0.0218. The Morgan fingerprint density at radius 3 is 1.95 bits per heavy atom. The molecule has 252 valence electrons. The van der Waals surface area contributed by atoms with E-state index in [1.165, 1.54) is 24.3 Å². The van der Waals surface area contributed by atoms with Crippen LogP contribution in [0.25, 0.3) is 0 Å². The molecule has 2 atom stereocenters. The molecule has 2 aliphatic heterocycles. The van der Waals surface area contributed by atoms with E-state index in [-0.39, 0.29) is 15.2 Å². The SMILES string of the molecule is CC(C)(C)[Si](C)(C)O[C@@H](/C=C/CC1([Si](C)(C)C(C)(C)C)SCCCS1)CC1(C[C@H](O)COCc2ccccc2)SCCCS1. The molecule has 0 aromatic heterocycles. The van der Waals surface area contributed by atoms with E-state index in [4.69, 9.17) is 9.16 Å². The first-order valence-electron chi connectivity index (χ1n) is 16.6. The predicted molar refractivity (Wildman–Crippen MR) is 209 cm³/mol. The molecule has 1 aromatic rings. The Labute approximate surface area is 290 Å². The van der Waals surface area contributed by atoms with Gasteiger partial charge in [-0.05, 0) is 83.8 Å². The molecule has 3 nitrogen and oxygen atoms in total. The smallest absolute Gasteiger partial charge is 0.192 e. The summed E-state index contributed by atoms with van der Waals surface area (Å²) in [5.41, 5.74) is 1.15. The molecule has 1 aromatic carbocycles. The first-order chi connectivity index (χ1) is 20.4. The number of hydrogen-bond donors (Lipinski definition) is 1. The molecule has 0 bridgehead atoms. The summed E-state index contributed by atoms with van der Waals surface area (Å²) in [7, 11) is -3.65. The summed E-state index contributed by atoms with van der Waals surface area (Å²) in [4.78, 5) is 0. The summed E-state index contributed by atoms with van der Waals surface area (Å²) >= 11 is 8.59. The van der Waals surface area contributed by atoms with Gasteiger partial charge < -0.3 is 14.3 Å². The first kappa shape index (κ1) is 39.1. The summed E-state index contributed by atoms with van der Waals surface area (Å²) in [6, 6.07) is 10.3. The molecule has 0 amide bonds. The van der Waals surface area contributed by atoms with Crippen LogP contribution in [0.2, 0.25) is 36.3 Å². The van der Waals surface area contributed by atoms with Crippen LogP contribution in [0.5, 0.6) is 0 Å². The fourth-order valence-corrected chi connectivity index (χ4v) is 20.1. The highest BCUT2D eigenvalue weighted by Crippen LogP contribution is 2.58. The zero-order chi connectivity index (χ0) is 32.7. The van der Waals surface area contributed by atoms with E-state index in [2.05, 4.69) is 116 Å². The molecule has 0 spiro atoms. The Bertz CT molecular complexity index is 1020. The molecule has 0 unspecified atom stereocenters. The fourth-order valence-electron chi connectivity index (χ4n) is 5.51. The molecular weight excluding hydrogens is 653 g/mol. The van der Waals surface area contributed by atoms with Crippen LogP contribution >= 0.6 is 47.0 Å². The lowest BCUT2D eigenvalue weighted by Crippen LogP contribution is -2.56. The summed E-state index contributed by atoms with van der Waals surface area (Å²) in [6.07, 6.45) is 9.81. The first-order valence-corrected chi connectivity index (χ1v) is 26.5. The Hall–Kier alpha value is 0.674. The van der Waals surface area contributed by atoms with Crippen molar-refractivity contribution in [2.24, 2.45) is 0 Å². The van der Waals surface area contributed by atoms with E-state index in [9.17, 15) is 5.11 Å². The molecular formula is C35H62O3S4Si2. The number of benzene rings is 1. The number of aliphatic hydroxyl groups excluding tert-OH is 1. The van der Waals surface area contributed by atoms with Gasteiger partial charge in [-0.15, -0.1) is 47.0 Å². The highest BCUT2D eigenvalue weighted by molar-refractivity contribution is 8.21. The molecule has 3 rings (SSSR count). The van der Waals surface area contributed by atoms with Gasteiger partial charge in [0.15, 0.2) is 8.32 Å². The average molecular weight is 715 g/mol. The van der Waals surface area contributed by atoms with Gasteiger partial charge in [0.05, 0.1) is 41.3 Å². The van der Waals surface area contributed by atoms with Gasteiger partial charge >= 0.3 is 0 Å². The molecule has 2 saturated heterocycles. The Morgan fingerprint density at radius 2 is 1.41 bits per heavy atom. The molecule has 9 heteroatoms. The van der Waals surface area contributed by atoms with Crippen LogP contribution in [0.3, 0.4) is 0 Å². The molecule has 2 heterocycles. The quantitative estimate of drug-likeness (QED) is 0.152. The largest absolute Gasteiger partial charge is 0.410 e. The van der Waals surface area contributed by atoms with Crippen LogP contribution in [0.15, 0.2) is 42.5 Å². The van der Waals surface area contributed by atoms with Crippen molar-refractivity contribution in [1.82, 2.24) is 0 Å². The number of ether oxygens (including phenoxy) is 1. The van der Waals surface area contributed by atoms with Gasteiger partial charge in [0.1, 0.15) is 0 Å². The monoisotopic (exact) mass is 714 g/mol. The van der Waals surface area contributed by atoms with Crippen molar-refractivity contribution >= 4 is 63.4 Å². The zero-order valence-corrected chi connectivity index (χ0v) is 34.6. The highest BCUT2D eigenvalue weighted by atomic mass is 32.2. The van der Waals surface area contributed by atoms with Crippen LogP contribution in [0.1, 0.15) is 79.2 Å². The minimum absolute atomic E-state index is 0.0430. The van der Waals surface area contributed by atoms with Gasteiger partial charge in [-0.2, -0.15) is 0 Å². The minimum atomic E-state index is -2.02. The second kappa shape index (κ2) is 16.4. The lowest BCUT2D eigenvalue weighted by Gasteiger charge is -2.53. The maximum atomic E-state index is 11.3. The van der Waals surface area contributed by atoms with Crippen molar-refractivity contribution in [2.75, 3.05) is 29.6 Å². The maximum absolute atomic E-state index is 11.3. The summed E-state index contributed by atoms with van der Waals surface area (Å²) < 4.78 is 13.4. The topological polar surface area (TPSA) is 38.7 Å². The van der Waals surface area contributed by atoms with Gasteiger partial charge in [-0.25, -0.2) is 0 Å². The van der Waals surface area contributed by atoms with Crippen LogP contribution in [0.4, 0.5) is 0 Å². The van der Waals surface area contributed by atoms with E-state index >= 15 is 0 Å². The van der Waals surface area contributed by atoms with Gasteiger partial charge in [-0.1, -0.05) is 97.1 Å². The van der Waals surface area contributed by atoms with Crippen LogP contribution in [-0.4, -0.2) is 71.1 Å². The van der Waals surface area contributed by atoms with Gasteiger partial charge in [0, 0.05) is 0 Å². The van der Waals surface area contributed by atoms with Crippen molar-refractivity contribution in [1.29, 1.82) is 0 Å². The number of thioether (sulfide) groups is 4. The minimum Gasteiger partial charge on any atom is -0.410 e. The van der Waals surface area contributed by atoms with E-state index in [0.29, 0.717) is 22.0 Å². The summed E-state index contributed by atoms with van der Waals surface area (Å²) in [5.74, 6) is 4.83. The third-order valence-corrected chi connectivity index (χ3v) is 30.9. The van der Waals surface area contributed by atoms with E-state index in [1.54, 1.807) is 0 Å². The molecule has 0 radical (unpaired) electrons. The molecule has 0 saturated carbocycles. The van der Waals surface area contributed by atoms with Crippen molar-refractivity contribution < 1.29 is 14.3 Å². The second-order valence-corrected chi connectivity index (χ2v) is 33.1. The van der Waals surface area contributed by atoms with Gasteiger partial charge in [0.25, 0.3) is 0 Å². The molecule has 2 fully saturated rings. The third-order valence-electron chi connectivity index (χ3n) is 10.3. The van der Waals surface area contributed by atoms with Crippen molar-refractivity contribution in [2.45, 2.75) is 137 Å². The second-order valence-electron chi connectivity index (χ2n) is 15.8. The normalized spacial score (nSPS) is 21.3. The van der Waals surface area contributed by atoms with Crippen molar-refractivity contribution in [3.8, 4) is 0 Å². The number of hydrogen-bond acceptors (Lipinski definition) is 7. The standard InChI is InChI=1S/C35H62O3S4Si2/c1-32(2,3)43(7,8)35(41-23-16-24-42-35)20-14-19-31(38-44(9,10)33(4,5)6)26-34(39-21-15-22-40-34)25-30(36)28-37-27-29-17-12-11-13-18-29/h11-14,17-19,30-31,36H,15-16,20-28H2,1-10H3/b19-14+/t30-,31-/m0/s1.